The van der Waals surface area contributed by atoms with Crippen LogP contribution in [-0.4, -0.2) is 43.0 Å². The van der Waals surface area contributed by atoms with Crippen LogP contribution in [0.15, 0.2) is 54.6 Å². The van der Waals surface area contributed by atoms with E-state index in [4.69, 9.17) is 0 Å². The van der Waals surface area contributed by atoms with Gasteiger partial charge in [-0.1, -0.05) is 36.4 Å². The Morgan fingerprint density at radius 3 is 2.33 bits per heavy atom. The van der Waals surface area contributed by atoms with Crippen molar-refractivity contribution in [2.75, 3.05) is 36.4 Å². The molecule has 0 radical (unpaired) electrons. The van der Waals surface area contributed by atoms with E-state index in [1.165, 1.54) is 6.92 Å². The van der Waals surface area contributed by atoms with E-state index in [-0.39, 0.29) is 18.0 Å². The fourth-order valence-electron chi connectivity index (χ4n) is 3.25. The average Bonchev–Trinajstić information content (AvgIpc) is 2.68. The fourth-order valence-corrected chi connectivity index (χ4v) is 3.25. The highest BCUT2D eigenvalue weighted by atomic mass is 16.2. The van der Waals surface area contributed by atoms with E-state index in [1.54, 1.807) is 0 Å². The lowest BCUT2D eigenvalue weighted by Crippen LogP contribution is -2.52. The summed E-state index contributed by atoms with van der Waals surface area (Å²) < 4.78 is 0. The first-order chi connectivity index (χ1) is 13.0. The fraction of sp³-hybridized carbons (Fsp3) is 0.333. The van der Waals surface area contributed by atoms with E-state index in [0.29, 0.717) is 13.1 Å². The number of hydrogen-bond donors (Lipinski definition) is 2. The van der Waals surface area contributed by atoms with Gasteiger partial charge in [-0.15, -0.1) is 0 Å². The summed E-state index contributed by atoms with van der Waals surface area (Å²) in [6.07, 6.45) is 0. The first kappa shape index (κ1) is 18.8. The Kier molecular flexibility index (Phi) is 5.96. The molecule has 1 atom stereocenters. The maximum Gasteiger partial charge on any atom is 0.317 e. The molecule has 1 heterocycles. The Bertz CT molecular complexity index is 786. The molecule has 2 N–H and O–H groups in total. The van der Waals surface area contributed by atoms with E-state index in [1.807, 2.05) is 66.4 Å². The summed E-state index contributed by atoms with van der Waals surface area (Å²) in [6, 6.07) is 17.7. The minimum Gasteiger partial charge on any atom is -0.368 e. The van der Waals surface area contributed by atoms with E-state index < -0.39 is 0 Å². The Balaban J connectivity index is 1.54. The Hall–Kier alpha value is -3.02. The average molecular weight is 366 g/mol. The van der Waals surface area contributed by atoms with Crippen LogP contribution in [0, 0.1) is 0 Å². The lowest BCUT2D eigenvalue weighted by molar-refractivity contribution is -0.114. The van der Waals surface area contributed by atoms with Gasteiger partial charge in [0.05, 0.1) is 6.04 Å². The second kappa shape index (κ2) is 8.58. The molecular formula is C21H26N4O2. The van der Waals surface area contributed by atoms with Crippen LogP contribution in [0.5, 0.6) is 0 Å². The number of piperazine rings is 1. The molecule has 0 spiro atoms. The van der Waals surface area contributed by atoms with Crippen molar-refractivity contribution in [3.63, 3.8) is 0 Å². The van der Waals surface area contributed by atoms with Gasteiger partial charge < -0.3 is 20.4 Å². The summed E-state index contributed by atoms with van der Waals surface area (Å²) in [5.41, 5.74) is 2.94. The molecule has 1 aliphatic heterocycles. The number of urea groups is 1. The maximum absolute atomic E-state index is 12.5. The van der Waals surface area contributed by atoms with Gasteiger partial charge in [-0.2, -0.15) is 0 Å². The third-order valence-corrected chi connectivity index (χ3v) is 4.74. The Labute approximate surface area is 160 Å². The minimum absolute atomic E-state index is 0.0222. The maximum atomic E-state index is 12.5. The molecule has 1 unspecified atom stereocenters. The number of carbonyl (C=O) groups excluding carboxylic acids is 2. The zero-order valence-corrected chi connectivity index (χ0v) is 15.8. The van der Waals surface area contributed by atoms with Crippen molar-refractivity contribution in [2.45, 2.75) is 19.9 Å². The smallest absolute Gasteiger partial charge is 0.317 e. The molecule has 0 aliphatic carbocycles. The predicted octanol–water partition coefficient (Wildman–Crippen LogP) is 3.24. The van der Waals surface area contributed by atoms with Gasteiger partial charge in [0.1, 0.15) is 0 Å². The van der Waals surface area contributed by atoms with Crippen LogP contribution in [-0.2, 0) is 4.79 Å². The summed E-state index contributed by atoms with van der Waals surface area (Å²) in [5, 5.41) is 5.88. The van der Waals surface area contributed by atoms with Crippen molar-refractivity contribution in [3.8, 4) is 0 Å². The van der Waals surface area contributed by atoms with Gasteiger partial charge in [0.2, 0.25) is 5.91 Å². The van der Waals surface area contributed by atoms with Crippen LogP contribution in [0.2, 0.25) is 0 Å². The standard InChI is InChI=1S/C21H26N4O2/c1-16(18-7-4-3-5-8-18)22-21(27)25-13-11-24(12-14-25)20-10-6-9-19(15-20)23-17(2)26/h3-10,15-16H,11-14H2,1-2H3,(H,22,27)(H,23,26). The minimum atomic E-state index is -0.0822. The highest BCUT2D eigenvalue weighted by molar-refractivity contribution is 5.89. The molecule has 142 valence electrons. The van der Waals surface area contributed by atoms with Crippen molar-refractivity contribution >= 4 is 23.3 Å². The molecule has 0 aromatic heterocycles. The van der Waals surface area contributed by atoms with E-state index in [2.05, 4.69) is 15.5 Å². The highest BCUT2D eigenvalue weighted by Gasteiger charge is 2.22. The number of nitrogens with zero attached hydrogens (tertiary/aromatic N) is 2. The molecule has 27 heavy (non-hydrogen) atoms. The molecule has 0 bridgehead atoms. The van der Waals surface area contributed by atoms with Crippen molar-refractivity contribution < 1.29 is 9.59 Å². The van der Waals surface area contributed by atoms with E-state index in [0.717, 1.165) is 30.0 Å². The number of rotatable bonds is 4. The van der Waals surface area contributed by atoms with Crippen molar-refractivity contribution in [2.24, 2.45) is 0 Å². The van der Waals surface area contributed by atoms with Crippen LogP contribution in [0.3, 0.4) is 0 Å². The quantitative estimate of drug-likeness (QED) is 0.873. The number of amides is 3. The van der Waals surface area contributed by atoms with Gasteiger partial charge in [0.25, 0.3) is 0 Å². The molecule has 6 nitrogen and oxygen atoms in total. The third-order valence-electron chi connectivity index (χ3n) is 4.74. The zero-order chi connectivity index (χ0) is 19.2. The topological polar surface area (TPSA) is 64.7 Å². The molecule has 1 aliphatic rings. The second-order valence-corrected chi connectivity index (χ2v) is 6.79. The normalized spacial score (nSPS) is 15.2. The molecule has 2 aromatic rings. The van der Waals surface area contributed by atoms with Crippen LogP contribution in [0.4, 0.5) is 16.2 Å². The van der Waals surface area contributed by atoms with Crippen molar-refractivity contribution in [1.82, 2.24) is 10.2 Å². The third kappa shape index (κ3) is 5.00. The molecule has 6 heteroatoms. The SMILES string of the molecule is CC(=O)Nc1cccc(N2CCN(C(=O)NC(C)c3ccccc3)CC2)c1. The lowest BCUT2D eigenvalue weighted by atomic mass is 10.1. The largest absolute Gasteiger partial charge is 0.368 e. The molecule has 0 saturated carbocycles. The summed E-state index contributed by atoms with van der Waals surface area (Å²) in [7, 11) is 0. The van der Waals surface area contributed by atoms with Crippen molar-refractivity contribution in [1.29, 1.82) is 0 Å². The van der Waals surface area contributed by atoms with Crippen LogP contribution in [0.25, 0.3) is 0 Å². The first-order valence-corrected chi connectivity index (χ1v) is 9.26. The lowest BCUT2D eigenvalue weighted by Gasteiger charge is -2.36. The molecule has 3 amide bonds. The van der Waals surface area contributed by atoms with Gasteiger partial charge in [0.15, 0.2) is 0 Å². The summed E-state index contributed by atoms with van der Waals surface area (Å²) in [4.78, 5) is 27.9. The highest BCUT2D eigenvalue weighted by Crippen LogP contribution is 2.21. The van der Waals surface area contributed by atoms with Crippen molar-refractivity contribution in [3.05, 3.63) is 60.2 Å². The van der Waals surface area contributed by atoms with Crippen LogP contribution >= 0.6 is 0 Å². The molecule has 2 aromatic carbocycles. The van der Waals surface area contributed by atoms with Gasteiger partial charge in [-0.05, 0) is 30.7 Å². The Morgan fingerprint density at radius 1 is 0.963 bits per heavy atom. The molecule has 1 saturated heterocycles. The number of carbonyl (C=O) groups is 2. The van der Waals surface area contributed by atoms with E-state index in [9.17, 15) is 9.59 Å². The van der Waals surface area contributed by atoms with Gasteiger partial charge in [0, 0.05) is 44.5 Å². The van der Waals surface area contributed by atoms with Gasteiger partial charge >= 0.3 is 6.03 Å². The first-order valence-electron chi connectivity index (χ1n) is 9.26. The van der Waals surface area contributed by atoms with Gasteiger partial charge in [-0.25, -0.2) is 4.79 Å². The van der Waals surface area contributed by atoms with E-state index >= 15 is 0 Å². The summed E-state index contributed by atoms with van der Waals surface area (Å²) in [6.45, 7) is 6.35. The number of nitrogens with one attached hydrogen (secondary N) is 2. The molecule has 1 fully saturated rings. The van der Waals surface area contributed by atoms with Crippen LogP contribution in [0.1, 0.15) is 25.5 Å². The zero-order valence-electron chi connectivity index (χ0n) is 15.8. The summed E-state index contributed by atoms with van der Waals surface area (Å²) >= 11 is 0. The van der Waals surface area contributed by atoms with Crippen LogP contribution < -0.4 is 15.5 Å². The number of anilines is 2. The summed E-state index contributed by atoms with van der Waals surface area (Å²) in [5.74, 6) is -0.0822. The monoisotopic (exact) mass is 366 g/mol. The van der Waals surface area contributed by atoms with Gasteiger partial charge in [-0.3, -0.25) is 4.79 Å². The molecular weight excluding hydrogens is 340 g/mol. The number of hydrogen-bond acceptors (Lipinski definition) is 3. The second-order valence-electron chi connectivity index (χ2n) is 6.79. The molecule has 3 rings (SSSR count). The number of benzene rings is 2. The Morgan fingerprint density at radius 2 is 1.67 bits per heavy atom. The predicted molar refractivity (Wildman–Crippen MR) is 108 cm³/mol.